The molecular weight excluding hydrogens is 437 g/mol. The van der Waals surface area contributed by atoms with Crippen LogP contribution in [0.1, 0.15) is 18.9 Å². The van der Waals surface area contributed by atoms with Gasteiger partial charge >= 0.3 is 6.18 Å². The Labute approximate surface area is 181 Å². The van der Waals surface area contributed by atoms with Crippen molar-refractivity contribution in [3.8, 4) is 0 Å². The molecule has 0 unspecified atom stereocenters. The van der Waals surface area contributed by atoms with Crippen molar-refractivity contribution in [1.82, 2.24) is 19.5 Å². The van der Waals surface area contributed by atoms with Crippen LogP contribution in [0.25, 0.3) is 5.65 Å². The third-order valence-electron chi connectivity index (χ3n) is 4.91. The molecule has 168 valence electrons. The molecule has 2 aromatic heterocycles. The highest BCUT2D eigenvalue weighted by Crippen LogP contribution is 2.31. The van der Waals surface area contributed by atoms with Crippen LogP contribution in [0.15, 0.2) is 36.5 Å². The lowest BCUT2D eigenvalue weighted by atomic mass is 10.2. The number of aromatic amines is 1. The Bertz CT molecular complexity index is 1070. The van der Waals surface area contributed by atoms with Crippen LogP contribution in [-0.2, 0) is 6.18 Å². The molecule has 1 saturated heterocycles. The van der Waals surface area contributed by atoms with Gasteiger partial charge in [0.05, 0.1) is 5.69 Å². The molecule has 0 saturated carbocycles. The van der Waals surface area contributed by atoms with Crippen molar-refractivity contribution in [1.29, 1.82) is 0 Å². The summed E-state index contributed by atoms with van der Waals surface area (Å²) in [6.07, 6.45) is -1.84. The maximum Gasteiger partial charge on any atom is 0.420 e. The van der Waals surface area contributed by atoms with Gasteiger partial charge in [0.2, 0.25) is 0 Å². The van der Waals surface area contributed by atoms with Crippen LogP contribution >= 0.6 is 12.2 Å². The lowest BCUT2D eigenvalue weighted by molar-refractivity contribution is -0.136. The third kappa shape index (κ3) is 5.59. The highest BCUT2D eigenvalue weighted by atomic mass is 32.1. The molecule has 5 nitrogen and oxygen atoms in total. The summed E-state index contributed by atoms with van der Waals surface area (Å²) in [5, 5.41) is 5.82. The molecule has 1 aromatic carbocycles. The number of fused-ring (bicyclic) bond motifs is 1. The second-order valence-electron chi connectivity index (χ2n) is 7.07. The topological polar surface area (TPSA) is 39.6 Å². The van der Waals surface area contributed by atoms with Crippen molar-refractivity contribution in [2.24, 2.45) is 0 Å². The van der Waals surface area contributed by atoms with Crippen LogP contribution < -0.4 is 4.90 Å². The average molecular weight is 459 g/mol. The Morgan fingerprint density at radius 3 is 2.42 bits per heavy atom. The van der Waals surface area contributed by atoms with E-state index in [0.717, 1.165) is 51.3 Å². The Morgan fingerprint density at radius 1 is 1.10 bits per heavy atom. The maximum absolute atomic E-state index is 13.6. The van der Waals surface area contributed by atoms with Crippen LogP contribution in [0.2, 0.25) is 0 Å². The maximum atomic E-state index is 13.6. The van der Waals surface area contributed by atoms with Gasteiger partial charge in [-0.2, -0.15) is 18.3 Å². The largest absolute Gasteiger partial charge is 0.420 e. The molecule has 0 bridgehead atoms. The van der Waals surface area contributed by atoms with Crippen LogP contribution in [0, 0.1) is 16.4 Å². The molecular formula is C20H22F5N5S. The molecule has 3 aromatic rings. The van der Waals surface area contributed by atoms with Gasteiger partial charge in [-0.25, -0.2) is 8.78 Å². The van der Waals surface area contributed by atoms with Crippen molar-refractivity contribution in [2.45, 2.75) is 19.5 Å². The molecule has 1 fully saturated rings. The summed E-state index contributed by atoms with van der Waals surface area (Å²) in [6, 6.07) is 6.04. The first-order valence-electron chi connectivity index (χ1n) is 9.76. The van der Waals surface area contributed by atoms with Gasteiger partial charge in [-0.05, 0) is 49.4 Å². The minimum atomic E-state index is -4.41. The molecule has 1 N–H and O–H groups in total. The predicted octanol–water partition coefficient (Wildman–Crippen LogP) is 4.91. The number of hydrogen-bond acceptors (Lipinski definition) is 4. The van der Waals surface area contributed by atoms with Gasteiger partial charge in [0.25, 0.3) is 0 Å². The van der Waals surface area contributed by atoms with E-state index in [1.54, 1.807) is 0 Å². The zero-order valence-electron chi connectivity index (χ0n) is 16.8. The normalized spacial score (nSPS) is 15.1. The number of pyridine rings is 1. The molecule has 11 heteroatoms. The standard InChI is InChI=1S/C13H18F2N2.C7H4F3N3S/c1-2-5-16-6-8-17(9-7-16)13-4-3-11(14)10-12(13)15;8-7(9,10)4-2-1-3-13-5(4)11-12-6(13)14/h3-4,10H,2,5-9H2,1H3;1-3H,(H,12,14). The lowest BCUT2D eigenvalue weighted by Crippen LogP contribution is -2.46. The first kappa shape index (κ1) is 23.1. The van der Waals surface area contributed by atoms with E-state index in [9.17, 15) is 22.0 Å². The summed E-state index contributed by atoms with van der Waals surface area (Å²) in [6.45, 7) is 6.77. The zero-order chi connectivity index (χ0) is 22.6. The van der Waals surface area contributed by atoms with Gasteiger partial charge in [-0.3, -0.25) is 14.4 Å². The second kappa shape index (κ2) is 9.73. The van der Waals surface area contributed by atoms with Crippen molar-refractivity contribution in [3.63, 3.8) is 0 Å². The van der Waals surface area contributed by atoms with Crippen LogP contribution in [0.5, 0.6) is 0 Å². The number of rotatable bonds is 3. The Morgan fingerprint density at radius 2 is 1.81 bits per heavy atom. The number of benzene rings is 1. The van der Waals surface area contributed by atoms with Gasteiger partial charge in [0.15, 0.2) is 10.4 Å². The summed E-state index contributed by atoms with van der Waals surface area (Å²) in [5.41, 5.74) is -0.486. The summed E-state index contributed by atoms with van der Waals surface area (Å²) in [7, 11) is 0. The Balaban J connectivity index is 0.000000179. The monoisotopic (exact) mass is 459 g/mol. The van der Waals surface area contributed by atoms with E-state index in [-0.39, 0.29) is 10.4 Å². The summed E-state index contributed by atoms with van der Waals surface area (Å²) in [4.78, 5) is 4.36. The number of hydrogen-bond donors (Lipinski definition) is 1. The number of aromatic nitrogens is 3. The molecule has 0 aliphatic carbocycles. The van der Waals surface area contributed by atoms with Gasteiger partial charge in [-0.1, -0.05) is 6.92 Å². The van der Waals surface area contributed by atoms with E-state index >= 15 is 0 Å². The van der Waals surface area contributed by atoms with E-state index in [1.807, 2.05) is 4.90 Å². The van der Waals surface area contributed by atoms with Crippen LogP contribution in [-0.4, -0.2) is 52.2 Å². The molecule has 3 heterocycles. The van der Waals surface area contributed by atoms with Gasteiger partial charge in [-0.15, -0.1) is 0 Å². The van der Waals surface area contributed by atoms with Gasteiger partial charge in [0.1, 0.15) is 17.2 Å². The Hall–Kier alpha value is -2.53. The number of nitrogens with one attached hydrogen (secondary N) is 1. The number of nitrogens with zero attached hydrogens (tertiary/aromatic N) is 4. The smallest absolute Gasteiger partial charge is 0.367 e. The molecule has 1 aliphatic heterocycles. The van der Waals surface area contributed by atoms with Gasteiger partial charge < -0.3 is 4.90 Å². The number of piperazine rings is 1. The van der Waals surface area contributed by atoms with E-state index in [1.165, 1.54) is 28.8 Å². The average Bonchev–Trinajstić information content (AvgIpc) is 3.10. The summed E-state index contributed by atoms with van der Waals surface area (Å²) < 4.78 is 65.0. The molecule has 0 spiro atoms. The van der Waals surface area contributed by atoms with Crippen LogP contribution in [0.4, 0.5) is 27.6 Å². The predicted molar refractivity (Wildman–Crippen MR) is 111 cm³/mol. The summed E-state index contributed by atoms with van der Waals surface area (Å²) >= 11 is 4.75. The van der Waals surface area contributed by atoms with E-state index in [2.05, 4.69) is 22.0 Å². The fourth-order valence-corrected chi connectivity index (χ4v) is 3.61. The Kier molecular flexibility index (Phi) is 7.26. The number of H-pyrrole nitrogens is 1. The molecule has 0 amide bonds. The zero-order valence-corrected chi connectivity index (χ0v) is 17.6. The fourth-order valence-electron chi connectivity index (χ4n) is 3.42. The minimum Gasteiger partial charge on any atom is -0.367 e. The summed E-state index contributed by atoms with van der Waals surface area (Å²) in [5.74, 6) is -0.982. The molecule has 0 radical (unpaired) electrons. The van der Waals surface area contributed by atoms with Crippen molar-refractivity contribution in [2.75, 3.05) is 37.6 Å². The second-order valence-corrected chi connectivity index (χ2v) is 7.45. The highest BCUT2D eigenvalue weighted by molar-refractivity contribution is 7.71. The fraction of sp³-hybridized carbons (Fsp3) is 0.400. The quantitative estimate of drug-likeness (QED) is 0.447. The van der Waals surface area contributed by atoms with Crippen molar-refractivity contribution >= 4 is 23.6 Å². The van der Waals surface area contributed by atoms with E-state index in [4.69, 9.17) is 12.2 Å². The van der Waals surface area contributed by atoms with E-state index < -0.39 is 23.4 Å². The molecule has 0 atom stereocenters. The van der Waals surface area contributed by atoms with Crippen molar-refractivity contribution < 1.29 is 22.0 Å². The molecule has 1 aliphatic rings. The van der Waals surface area contributed by atoms with Crippen LogP contribution in [0.3, 0.4) is 0 Å². The number of alkyl halides is 3. The number of anilines is 1. The van der Waals surface area contributed by atoms with Crippen molar-refractivity contribution in [3.05, 3.63) is 58.5 Å². The first-order valence-corrected chi connectivity index (χ1v) is 10.2. The molecule has 4 rings (SSSR count). The first-order chi connectivity index (χ1) is 14.7. The molecule has 31 heavy (non-hydrogen) atoms. The number of halogens is 5. The lowest BCUT2D eigenvalue weighted by Gasteiger charge is -2.36. The third-order valence-corrected chi connectivity index (χ3v) is 5.20. The van der Waals surface area contributed by atoms with E-state index in [0.29, 0.717) is 5.69 Å². The highest BCUT2D eigenvalue weighted by Gasteiger charge is 2.33. The van der Waals surface area contributed by atoms with Gasteiger partial charge in [0, 0.05) is 38.4 Å². The SMILES string of the molecule is CCCN1CCN(c2ccc(F)cc2F)CC1.FC(F)(F)c1cccn2c(=S)[nH]nc12. The minimum absolute atomic E-state index is 0.145.